The summed E-state index contributed by atoms with van der Waals surface area (Å²) in [7, 11) is 4.27. The highest BCUT2D eigenvalue weighted by Crippen LogP contribution is 2.26. The molecule has 0 aromatic heterocycles. The fraction of sp³-hybridized carbons (Fsp3) is 0.929. The van der Waals surface area contributed by atoms with Crippen molar-refractivity contribution in [1.82, 2.24) is 15.1 Å². The van der Waals surface area contributed by atoms with Crippen molar-refractivity contribution in [3.63, 3.8) is 0 Å². The van der Waals surface area contributed by atoms with Gasteiger partial charge in [0.25, 0.3) is 0 Å². The molecule has 3 N–H and O–H groups in total. The van der Waals surface area contributed by atoms with Gasteiger partial charge in [-0.05, 0) is 32.9 Å². The summed E-state index contributed by atoms with van der Waals surface area (Å²) in [6.07, 6.45) is 3.97. The molecule has 1 saturated heterocycles. The first-order valence-electron chi connectivity index (χ1n) is 7.47. The van der Waals surface area contributed by atoms with Crippen LogP contribution in [0.3, 0.4) is 0 Å². The summed E-state index contributed by atoms with van der Waals surface area (Å²) in [4.78, 5) is 16.6. The van der Waals surface area contributed by atoms with Gasteiger partial charge in [-0.1, -0.05) is 6.42 Å². The molecule has 1 saturated carbocycles. The van der Waals surface area contributed by atoms with E-state index in [-0.39, 0.29) is 49.2 Å². The van der Waals surface area contributed by atoms with Gasteiger partial charge >= 0.3 is 0 Å². The van der Waals surface area contributed by atoms with Gasteiger partial charge in [0.15, 0.2) is 0 Å². The van der Waals surface area contributed by atoms with Crippen LogP contribution in [0.15, 0.2) is 0 Å². The molecule has 0 radical (unpaired) electrons. The van der Waals surface area contributed by atoms with E-state index in [1.165, 1.54) is 6.42 Å². The molecule has 0 aromatic carbocycles. The van der Waals surface area contributed by atoms with Gasteiger partial charge in [-0.3, -0.25) is 9.69 Å². The van der Waals surface area contributed by atoms with Gasteiger partial charge in [0.05, 0.1) is 0 Å². The number of hydrogen-bond acceptors (Lipinski definition) is 4. The number of amides is 1. The van der Waals surface area contributed by atoms with Crippen LogP contribution in [-0.4, -0.2) is 68.1 Å². The third kappa shape index (κ3) is 7.20. The lowest BCUT2D eigenvalue weighted by atomic mass is 10.00. The maximum Gasteiger partial charge on any atom is 0.220 e. The van der Waals surface area contributed by atoms with Crippen LogP contribution in [0.1, 0.15) is 25.7 Å². The number of nitrogens with two attached hydrogens (primary N) is 1. The Labute approximate surface area is 153 Å². The van der Waals surface area contributed by atoms with Crippen molar-refractivity contribution in [2.75, 3.05) is 40.3 Å². The monoisotopic (exact) mass is 376 g/mol. The topological polar surface area (TPSA) is 61.6 Å². The van der Waals surface area contributed by atoms with Crippen molar-refractivity contribution in [2.45, 2.75) is 37.8 Å². The highest BCUT2D eigenvalue weighted by molar-refractivity contribution is 5.86. The molecule has 1 aliphatic heterocycles. The second-order valence-electron chi connectivity index (χ2n) is 6.26. The molecular formula is C14H31Cl3N4O. The molecule has 2 rings (SSSR count). The molecular weight excluding hydrogens is 347 g/mol. The van der Waals surface area contributed by atoms with E-state index < -0.39 is 0 Å². The molecule has 1 unspecified atom stereocenters. The third-order valence-electron chi connectivity index (χ3n) is 4.68. The lowest BCUT2D eigenvalue weighted by Crippen LogP contribution is -2.54. The van der Waals surface area contributed by atoms with Gasteiger partial charge in [-0.15, -0.1) is 37.2 Å². The molecule has 1 amide bonds. The van der Waals surface area contributed by atoms with E-state index in [2.05, 4.69) is 29.2 Å². The summed E-state index contributed by atoms with van der Waals surface area (Å²) in [5.74, 6) is 0.565. The van der Waals surface area contributed by atoms with Gasteiger partial charge in [-0.25, -0.2) is 0 Å². The van der Waals surface area contributed by atoms with Crippen molar-refractivity contribution in [1.29, 1.82) is 0 Å². The lowest BCUT2D eigenvalue weighted by Gasteiger charge is -2.37. The minimum atomic E-state index is 0. The van der Waals surface area contributed by atoms with Gasteiger partial charge in [0.2, 0.25) is 5.91 Å². The number of halogens is 3. The number of carbonyl (C=O) groups excluding carboxylic acids is 1. The normalized spacial score (nSPS) is 29.0. The van der Waals surface area contributed by atoms with Crippen LogP contribution in [0.25, 0.3) is 0 Å². The smallest absolute Gasteiger partial charge is 0.220 e. The zero-order valence-corrected chi connectivity index (χ0v) is 15.9. The summed E-state index contributed by atoms with van der Waals surface area (Å²) in [5.41, 5.74) is 6.01. The van der Waals surface area contributed by atoms with Crippen molar-refractivity contribution in [3.05, 3.63) is 0 Å². The van der Waals surface area contributed by atoms with Crippen LogP contribution < -0.4 is 11.1 Å². The molecule has 0 bridgehead atoms. The Bertz CT molecular complexity index is 322. The second kappa shape index (κ2) is 11.7. The third-order valence-corrected chi connectivity index (χ3v) is 4.68. The Kier molecular flexibility index (Phi) is 13.0. The molecule has 8 heteroatoms. The van der Waals surface area contributed by atoms with Crippen LogP contribution >= 0.6 is 37.2 Å². The van der Waals surface area contributed by atoms with Crippen molar-refractivity contribution < 1.29 is 4.79 Å². The SMILES string of the molecule is CN1CCN(C)C(CNC(=O)C[C@@H]2CCC[C@H]2N)C1.Cl.Cl.Cl. The first-order chi connectivity index (χ1) is 9.06. The number of likely N-dealkylation sites (N-methyl/N-ethyl adjacent to an activating group) is 2. The molecule has 134 valence electrons. The first-order valence-corrected chi connectivity index (χ1v) is 7.47. The van der Waals surface area contributed by atoms with Crippen molar-refractivity contribution >= 4 is 43.1 Å². The number of carbonyl (C=O) groups is 1. The molecule has 3 atom stereocenters. The van der Waals surface area contributed by atoms with Crippen LogP contribution in [0.2, 0.25) is 0 Å². The number of rotatable bonds is 4. The number of nitrogens with one attached hydrogen (secondary N) is 1. The van der Waals surface area contributed by atoms with E-state index in [9.17, 15) is 4.79 Å². The summed E-state index contributed by atoms with van der Waals surface area (Å²) in [5, 5.41) is 3.09. The predicted molar refractivity (Wildman–Crippen MR) is 98.6 cm³/mol. The average molecular weight is 378 g/mol. The van der Waals surface area contributed by atoms with Gasteiger partial charge in [-0.2, -0.15) is 0 Å². The molecule has 5 nitrogen and oxygen atoms in total. The lowest BCUT2D eigenvalue weighted by molar-refractivity contribution is -0.122. The van der Waals surface area contributed by atoms with E-state index in [1.54, 1.807) is 0 Å². The van der Waals surface area contributed by atoms with E-state index in [0.717, 1.165) is 39.0 Å². The van der Waals surface area contributed by atoms with Crippen molar-refractivity contribution in [3.8, 4) is 0 Å². The molecule has 0 aromatic rings. The minimum absolute atomic E-state index is 0. The van der Waals surface area contributed by atoms with Crippen molar-refractivity contribution in [2.24, 2.45) is 11.7 Å². The van der Waals surface area contributed by atoms with E-state index in [4.69, 9.17) is 5.73 Å². The first kappa shape index (κ1) is 24.5. The van der Waals surface area contributed by atoms with Gasteiger partial charge in [0, 0.05) is 44.7 Å². The number of piperazine rings is 1. The zero-order chi connectivity index (χ0) is 13.8. The minimum Gasteiger partial charge on any atom is -0.354 e. The largest absolute Gasteiger partial charge is 0.354 e. The summed E-state index contributed by atoms with van der Waals surface area (Å²) in [6.45, 7) is 3.96. The Morgan fingerprint density at radius 1 is 1.18 bits per heavy atom. The van der Waals surface area contributed by atoms with Crippen LogP contribution in [-0.2, 0) is 4.79 Å². The highest BCUT2D eigenvalue weighted by Gasteiger charge is 2.27. The Balaban J connectivity index is 0. The molecule has 2 aliphatic rings. The second-order valence-corrected chi connectivity index (χ2v) is 6.26. The number of hydrogen-bond donors (Lipinski definition) is 2. The quantitative estimate of drug-likeness (QED) is 0.771. The zero-order valence-electron chi connectivity index (χ0n) is 13.5. The molecule has 1 heterocycles. The van der Waals surface area contributed by atoms with Crippen LogP contribution in [0.4, 0.5) is 0 Å². The molecule has 1 aliphatic carbocycles. The average Bonchev–Trinajstić information content (AvgIpc) is 2.76. The molecule has 2 fully saturated rings. The van der Waals surface area contributed by atoms with E-state index >= 15 is 0 Å². The molecule has 0 spiro atoms. The fourth-order valence-electron chi connectivity index (χ4n) is 3.18. The number of nitrogens with zero attached hydrogens (tertiary/aromatic N) is 2. The van der Waals surface area contributed by atoms with Gasteiger partial charge in [0.1, 0.15) is 0 Å². The van der Waals surface area contributed by atoms with Crippen LogP contribution in [0, 0.1) is 5.92 Å². The maximum absolute atomic E-state index is 12.0. The summed E-state index contributed by atoms with van der Waals surface area (Å²) < 4.78 is 0. The van der Waals surface area contributed by atoms with E-state index in [0.29, 0.717) is 18.4 Å². The Morgan fingerprint density at radius 3 is 2.45 bits per heavy atom. The standard InChI is InChI=1S/C14H28N4O.3ClH/c1-17-6-7-18(2)12(10-17)9-16-14(19)8-11-4-3-5-13(11)15;;;/h11-13H,3-10,15H2,1-2H3,(H,16,19);3*1H/t11-,12?,13+;;;/m0.../s1. The molecule has 22 heavy (non-hydrogen) atoms. The maximum atomic E-state index is 12.0. The summed E-state index contributed by atoms with van der Waals surface area (Å²) in [6, 6.07) is 0.661. The Hall–Kier alpha value is 0.220. The van der Waals surface area contributed by atoms with Crippen LogP contribution in [0.5, 0.6) is 0 Å². The highest BCUT2D eigenvalue weighted by atomic mass is 35.5. The Morgan fingerprint density at radius 2 is 1.86 bits per heavy atom. The fourth-order valence-corrected chi connectivity index (χ4v) is 3.18. The van der Waals surface area contributed by atoms with Gasteiger partial charge < -0.3 is 16.0 Å². The summed E-state index contributed by atoms with van der Waals surface area (Å²) >= 11 is 0. The predicted octanol–water partition coefficient (Wildman–Crippen LogP) is 1.13. The van der Waals surface area contributed by atoms with E-state index in [1.807, 2.05) is 0 Å².